The molecule has 0 radical (unpaired) electrons. The number of hydrogen-bond donors (Lipinski definition) is 2. The Morgan fingerprint density at radius 3 is 3.00 bits per heavy atom. The maximum absolute atomic E-state index is 12.2. The minimum absolute atomic E-state index is 0. The van der Waals surface area contributed by atoms with Gasteiger partial charge < -0.3 is 10.6 Å². The predicted octanol–water partition coefficient (Wildman–Crippen LogP) is 1.20. The Labute approximate surface area is 141 Å². The van der Waals surface area contributed by atoms with E-state index in [-0.39, 0.29) is 18.3 Å². The van der Waals surface area contributed by atoms with E-state index in [1.165, 1.54) is 0 Å². The summed E-state index contributed by atoms with van der Waals surface area (Å²) < 4.78 is 3.70. The molecule has 3 rings (SSSR count). The van der Waals surface area contributed by atoms with Crippen LogP contribution in [0, 0.1) is 6.92 Å². The van der Waals surface area contributed by atoms with Gasteiger partial charge in [-0.3, -0.25) is 14.2 Å². The Bertz CT molecular complexity index is 659. The Balaban J connectivity index is 0.00000192. The van der Waals surface area contributed by atoms with Crippen molar-refractivity contribution >= 4 is 18.3 Å². The van der Waals surface area contributed by atoms with E-state index in [2.05, 4.69) is 20.8 Å². The Hall–Kier alpha value is -1.86. The van der Waals surface area contributed by atoms with E-state index in [1.54, 1.807) is 16.9 Å². The minimum Gasteiger partial charge on any atom is -0.346 e. The first-order valence-electron chi connectivity index (χ1n) is 7.66. The van der Waals surface area contributed by atoms with Gasteiger partial charge in [0.05, 0.1) is 12.2 Å². The molecule has 1 atom stereocenters. The monoisotopic (exact) mass is 338 g/mol. The standard InChI is InChI=1S/C15H22N6O.ClH/c1-11-12(9-18-20(11)2)8-17-15(22)14-5-7-21(19-14)13-4-3-6-16-10-13;/h5,7,9,13,16H,3-4,6,8,10H2,1-2H3,(H,17,22);1H. The highest BCUT2D eigenvalue weighted by Crippen LogP contribution is 2.15. The van der Waals surface area contributed by atoms with Crippen LogP contribution in [0.1, 0.15) is 40.6 Å². The van der Waals surface area contributed by atoms with Crippen LogP contribution >= 0.6 is 12.4 Å². The fourth-order valence-corrected chi connectivity index (χ4v) is 2.71. The van der Waals surface area contributed by atoms with Crippen molar-refractivity contribution in [3.05, 3.63) is 35.4 Å². The van der Waals surface area contributed by atoms with Gasteiger partial charge in [-0.2, -0.15) is 10.2 Å². The molecule has 1 saturated heterocycles. The fourth-order valence-electron chi connectivity index (χ4n) is 2.71. The molecule has 23 heavy (non-hydrogen) atoms. The van der Waals surface area contributed by atoms with E-state index < -0.39 is 0 Å². The second-order valence-corrected chi connectivity index (χ2v) is 5.74. The number of nitrogens with zero attached hydrogens (tertiary/aromatic N) is 4. The second kappa shape index (κ2) is 7.61. The van der Waals surface area contributed by atoms with Crippen LogP contribution in [0.15, 0.2) is 18.5 Å². The van der Waals surface area contributed by atoms with Gasteiger partial charge in [-0.05, 0) is 32.4 Å². The fraction of sp³-hybridized carbons (Fsp3) is 0.533. The number of piperidine rings is 1. The topological polar surface area (TPSA) is 76.8 Å². The molecule has 0 saturated carbocycles. The van der Waals surface area contributed by atoms with Gasteiger partial charge in [0.15, 0.2) is 0 Å². The zero-order valence-corrected chi connectivity index (χ0v) is 14.3. The molecule has 0 aromatic carbocycles. The average molecular weight is 339 g/mol. The van der Waals surface area contributed by atoms with Crippen molar-refractivity contribution in [2.75, 3.05) is 13.1 Å². The van der Waals surface area contributed by atoms with E-state index in [0.29, 0.717) is 18.3 Å². The third kappa shape index (κ3) is 3.92. The largest absolute Gasteiger partial charge is 0.346 e. The summed E-state index contributed by atoms with van der Waals surface area (Å²) in [5.74, 6) is -0.147. The first kappa shape index (κ1) is 17.5. The molecule has 1 aliphatic heterocycles. The normalized spacial score (nSPS) is 17.6. The highest BCUT2D eigenvalue weighted by atomic mass is 35.5. The summed E-state index contributed by atoms with van der Waals surface area (Å²) in [7, 11) is 1.89. The van der Waals surface area contributed by atoms with E-state index in [0.717, 1.165) is 37.2 Å². The van der Waals surface area contributed by atoms with Gasteiger partial charge in [-0.1, -0.05) is 0 Å². The molecule has 3 heterocycles. The Kier molecular flexibility index (Phi) is 5.79. The number of carbonyl (C=O) groups excluding carboxylic acids is 1. The van der Waals surface area contributed by atoms with Crippen molar-refractivity contribution in [2.24, 2.45) is 7.05 Å². The summed E-state index contributed by atoms with van der Waals surface area (Å²) in [4.78, 5) is 12.2. The highest BCUT2D eigenvalue weighted by Gasteiger charge is 2.17. The molecular weight excluding hydrogens is 316 g/mol. The van der Waals surface area contributed by atoms with Crippen LogP contribution in [0.2, 0.25) is 0 Å². The van der Waals surface area contributed by atoms with E-state index in [4.69, 9.17) is 0 Å². The number of hydrogen-bond acceptors (Lipinski definition) is 4. The van der Waals surface area contributed by atoms with Crippen LogP contribution in [-0.4, -0.2) is 38.6 Å². The number of rotatable bonds is 4. The molecule has 0 bridgehead atoms. The predicted molar refractivity (Wildman–Crippen MR) is 89.7 cm³/mol. The molecule has 1 fully saturated rings. The SMILES string of the molecule is Cc1c(CNC(=O)c2ccn(C3CCCNC3)n2)cnn1C.Cl. The van der Waals surface area contributed by atoms with Gasteiger partial charge >= 0.3 is 0 Å². The van der Waals surface area contributed by atoms with Crippen molar-refractivity contribution in [1.29, 1.82) is 0 Å². The molecule has 2 aromatic heterocycles. The molecular formula is C15H23ClN6O. The van der Waals surface area contributed by atoms with Gasteiger partial charge in [0.2, 0.25) is 0 Å². The lowest BCUT2D eigenvalue weighted by Gasteiger charge is -2.22. The zero-order chi connectivity index (χ0) is 15.5. The van der Waals surface area contributed by atoms with Crippen molar-refractivity contribution in [2.45, 2.75) is 32.4 Å². The molecule has 2 N–H and O–H groups in total. The summed E-state index contributed by atoms with van der Waals surface area (Å²) in [5.41, 5.74) is 2.54. The van der Waals surface area contributed by atoms with Gasteiger partial charge in [0.25, 0.3) is 5.91 Å². The molecule has 1 unspecified atom stereocenters. The van der Waals surface area contributed by atoms with Gasteiger partial charge in [-0.25, -0.2) is 0 Å². The van der Waals surface area contributed by atoms with Gasteiger partial charge in [0, 0.05) is 37.6 Å². The summed E-state index contributed by atoms with van der Waals surface area (Å²) in [6.07, 6.45) is 5.92. The summed E-state index contributed by atoms with van der Waals surface area (Å²) in [6, 6.07) is 2.12. The lowest BCUT2D eigenvalue weighted by molar-refractivity contribution is 0.0944. The highest BCUT2D eigenvalue weighted by molar-refractivity contribution is 5.92. The van der Waals surface area contributed by atoms with E-state index in [1.807, 2.05) is 24.9 Å². The van der Waals surface area contributed by atoms with E-state index in [9.17, 15) is 4.79 Å². The van der Waals surface area contributed by atoms with Gasteiger partial charge in [0.1, 0.15) is 5.69 Å². The number of nitrogens with one attached hydrogen (secondary N) is 2. The molecule has 0 spiro atoms. The number of carbonyl (C=O) groups is 1. The summed E-state index contributed by atoms with van der Waals surface area (Å²) >= 11 is 0. The quantitative estimate of drug-likeness (QED) is 0.878. The third-order valence-electron chi connectivity index (χ3n) is 4.26. The third-order valence-corrected chi connectivity index (χ3v) is 4.26. The Morgan fingerprint density at radius 1 is 1.52 bits per heavy atom. The molecule has 1 amide bonds. The Morgan fingerprint density at radius 2 is 2.35 bits per heavy atom. The van der Waals surface area contributed by atoms with Crippen LogP contribution in [-0.2, 0) is 13.6 Å². The van der Waals surface area contributed by atoms with E-state index >= 15 is 0 Å². The maximum Gasteiger partial charge on any atom is 0.272 e. The second-order valence-electron chi connectivity index (χ2n) is 5.74. The van der Waals surface area contributed by atoms with Crippen LogP contribution in [0.25, 0.3) is 0 Å². The van der Waals surface area contributed by atoms with Crippen molar-refractivity contribution in [3.8, 4) is 0 Å². The minimum atomic E-state index is -0.147. The van der Waals surface area contributed by atoms with Crippen molar-refractivity contribution in [3.63, 3.8) is 0 Å². The number of amides is 1. The molecule has 0 aliphatic carbocycles. The maximum atomic E-state index is 12.2. The van der Waals surface area contributed by atoms with Gasteiger partial charge in [-0.15, -0.1) is 12.4 Å². The van der Waals surface area contributed by atoms with Crippen LogP contribution in [0.3, 0.4) is 0 Å². The molecule has 2 aromatic rings. The van der Waals surface area contributed by atoms with Crippen LogP contribution < -0.4 is 10.6 Å². The lowest BCUT2D eigenvalue weighted by atomic mass is 10.1. The first-order chi connectivity index (χ1) is 10.6. The lowest BCUT2D eigenvalue weighted by Crippen LogP contribution is -2.32. The average Bonchev–Trinajstić information content (AvgIpc) is 3.15. The zero-order valence-electron chi connectivity index (χ0n) is 13.5. The number of aryl methyl sites for hydroxylation is 1. The van der Waals surface area contributed by atoms with Crippen LogP contribution in [0.4, 0.5) is 0 Å². The number of aromatic nitrogens is 4. The number of halogens is 1. The summed E-state index contributed by atoms with van der Waals surface area (Å²) in [5, 5.41) is 14.8. The van der Waals surface area contributed by atoms with Crippen molar-refractivity contribution < 1.29 is 4.79 Å². The van der Waals surface area contributed by atoms with Crippen molar-refractivity contribution in [1.82, 2.24) is 30.2 Å². The molecule has 7 nitrogen and oxygen atoms in total. The first-order valence-corrected chi connectivity index (χ1v) is 7.66. The molecule has 8 heteroatoms. The summed E-state index contributed by atoms with van der Waals surface area (Å²) in [6.45, 7) is 4.43. The molecule has 126 valence electrons. The molecule has 1 aliphatic rings. The smallest absolute Gasteiger partial charge is 0.272 e. The van der Waals surface area contributed by atoms with Crippen LogP contribution in [0.5, 0.6) is 0 Å².